The lowest BCUT2D eigenvalue weighted by Crippen LogP contribution is -2.47. The minimum atomic E-state index is -0.258. The fourth-order valence-electron chi connectivity index (χ4n) is 3.02. The summed E-state index contributed by atoms with van der Waals surface area (Å²) < 4.78 is 0. The van der Waals surface area contributed by atoms with Crippen LogP contribution in [0.1, 0.15) is 15.9 Å². The second-order valence-electron chi connectivity index (χ2n) is 6.52. The van der Waals surface area contributed by atoms with Crippen molar-refractivity contribution in [1.29, 1.82) is 0 Å². The van der Waals surface area contributed by atoms with E-state index in [0.717, 1.165) is 32.7 Å². The molecule has 2 N–H and O–H groups in total. The summed E-state index contributed by atoms with van der Waals surface area (Å²) in [5.41, 5.74) is 1.63. The first-order valence-corrected chi connectivity index (χ1v) is 8.83. The lowest BCUT2D eigenvalue weighted by atomic mass is 10.1. The molecule has 1 aliphatic rings. The Hall–Kier alpha value is -2.63. The van der Waals surface area contributed by atoms with Gasteiger partial charge in [0.05, 0.1) is 6.54 Å². The fourth-order valence-corrected chi connectivity index (χ4v) is 3.02. The number of benzene rings is 2. The summed E-state index contributed by atoms with van der Waals surface area (Å²) in [5.74, 6) is -0.512. The molecule has 136 valence electrons. The quantitative estimate of drug-likeness (QED) is 0.618. The molecule has 2 aromatic rings. The molecule has 3 rings (SSSR count). The molecule has 1 saturated heterocycles. The maximum Gasteiger partial charge on any atom is 0.176 e. The summed E-state index contributed by atoms with van der Waals surface area (Å²) in [6.07, 6.45) is 4.31. The molecule has 0 bridgehead atoms. The van der Waals surface area contributed by atoms with Gasteiger partial charge in [-0.2, -0.15) is 0 Å². The molecular weight excluding hydrogens is 328 g/mol. The third-order valence-corrected chi connectivity index (χ3v) is 4.60. The summed E-state index contributed by atoms with van der Waals surface area (Å²) in [5, 5.41) is 18.9. The van der Waals surface area contributed by atoms with Crippen molar-refractivity contribution < 1.29 is 15.0 Å². The average molecular weight is 352 g/mol. The lowest BCUT2D eigenvalue weighted by molar-refractivity contribution is 0.0865. The van der Waals surface area contributed by atoms with E-state index in [2.05, 4.69) is 34.1 Å². The van der Waals surface area contributed by atoms with Gasteiger partial charge < -0.3 is 10.2 Å². The molecule has 1 heterocycles. The molecule has 2 aromatic carbocycles. The van der Waals surface area contributed by atoms with Gasteiger partial charge in [-0.25, -0.2) is 0 Å². The highest BCUT2D eigenvalue weighted by Gasteiger charge is 2.19. The molecule has 0 saturated carbocycles. The highest BCUT2D eigenvalue weighted by atomic mass is 16.3. The van der Waals surface area contributed by atoms with Crippen LogP contribution in [0, 0.1) is 0 Å². The van der Waals surface area contributed by atoms with Crippen LogP contribution in [0.15, 0.2) is 54.6 Å². The van der Waals surface area contributed by atoms with Crippen molar-refractivity contribution in [2.24, 2.45) is 0 Å². The minimum absolute atomic E-state index is 0.0438. The number of aromatic hydroxyl groups is 2. The van der Waals surface area contributed by atoms with Gasteiger partial charge in [0.2, 0.25) is 0 Å². The van der Waals surface area contributed by atoms with Crippen LogP contribution < -0.4 is 0 Å². The van der Waals surface area contributed by atoms with Crippen molar-refractivity contribution in [2.45, 2.75) is 0 Å². The maximum atomic E-state index is 12.3. The first-order valence-electron chi connectivity index (χ1n) is 8.83. The number of piperazine rings is 1. The second kappa shape index (κ2) is 8.65. The van der Waals surface area contributed by atoms with Gasteiger partial charge in [0.1, 0.15) is 0 Å². The monoisotopic (exact) mass is 352 g/mol. The third kappa shape index (κ3) is 4.94. The highest BCUT2D eigenvalue weighted by molar-refractivity contribution is 5.98. The van der Waals surface area contributed by atoms with Crippen molar-refractivity contribution in [3.05, 3.63) is 65.7 Å². The number of Topliss-reactive ketones (excluding diaryl/α,β-unsaturated/α-hetero) is 1. The molecule has 0 atom stereocenters. The zero-order valence-electron chi connectivity index (χ0n) is 14.7. The maximum absolute atomic E-state index is 12.3. The Bertz CT molecular complexity index is 766. The van der Waals surface area contributed by atoms with Gasteiger partial charge in [0, 0.05) is 38.3 Å². The Kier molecular flexibility index (Phi) is 6.04. The minimum Gasteiger partial charge on any atom is -0.504 e. The number of rotatable bonds is 6. The van der Waals surface area contributed by atoms with Crippen LogP contribution in [0.4, 0.5) is 0 Å². The van der Waals surface area contributed by atoms with Gasteiger partial charge in [-0.05, 0) is 23.8 Å². The summed E-state index contributed by atoms with van der Waals surface area (Å²) >= 11 is 0. The Balaban J connectivity index is 1.44. The van der Waals surface area contributed by atoms with E-state index < -0.39 is 0 Å². The van der Waals surface area contributed by atoms with Crippen molar-refractivity contribution in [2.75, 3.05) is 39.3 Å². The van der Waals surface area contributed by atoms with Gasteiger partial charge in [-0.3, -0.25) is 14.6 Å². The molecule has 5 heteroatoms. The predicted octanol–water partition coefficient (Wildman–Crippen LogP) is 2.61. The molecular formula is C21H24N2O3. The van der Waals surface area contributed by atoms with E-state index in [9.17, 15) is 15.0 Å². The number of carbonyl (C=O) groups excluding carboxylic acids is 1. The smallest absolute Gasteiger partial charge is 0.176 e. The van der Waals surface area contributed by atoms with E-state index >= 15 is 0 Å². The number of hydrogen-bond donors (Lipinski definition) is 2. The summed E-state index contributed by atoms with van der Waals surface area (Å²) in [4.78, 5) is 16.8. The van der Waals surface area contributed by atoms with Crippen molar-refractivity contribution >= 4 is 11.9 Å². The van der Waals surface area contributed by atoms with Crippen LogP contribution in [0.2, 0.25) is 0 Å². The molecule has 26 heavy (non-hydrogen) atoms. The number of ketones is 1. The molecule has 0 aliphatic carbocycles. The average Bonchev–Trinajstić information content (AvgIpc) is 2.66. The van der Waals surface area contributed by atoms with Gasteiger partial charge in [-0.1, -0.05) is 42.5 Å². The number of phenols is 2. The largest absolute Gasteiger partial charge is 0.504 e. The molecule has 0 unspecified atom stereocenters. The van der Waals surface area contributed by atoms with Gasteiger partial charge >= 0.3 is 0 Å². The zero-order chi connectivity index (χ0) is 18.4. The molecule has 0 radical (unpaired) electrons. The topological polar surface area (TPSA) is 64.0 Å². The Labute approximate surface area is 153 Å². The normalized spacial score (nSPS) is 16.2. The number of nitrogens with zero attached hydrogens (tertiary/aromatic N) is 2. The van der Waals surface area contributed by atoms with Gasteiger partial charge in [-0.15, -0.1) is 0 Å². The van der Waals surface area contributed by atoms with Gasteiger partial charge in [0.15, 0.2) is 17.3 Å². The standard InChI is InChI=1S/C21H24N2O3/c24-19-9-8-18(15-20(19)25)21(26)16-23-13-11-22(12-14-23)10-4-7-17-5-2-1-3-6-17/h1-9,15,24-25H,10-14,16H2. The summed E-state index contributed by atoms with van der Waals surface area (Å²) in [6.45, 7) is 4.77. The van der Waals surface area contributed by atoms with Gasteiger partial charge in [0.25, 0.3) is 0 Å². The van der Waals surface area contributed by atoms with Crippen LogP contribution in [0.5, 0.6) is 11.5 Å². The Morgan fingerprint density at radius 1 is 0.923 bits per heavy atom. The molecule has 0 amide bonds. The molecule has 0 spiro atoms. The van der Waals surface area contributed by atoms with E-state index in [-0.39, 0.29) is 17.3 Å². The Morgan fingerprint density at radius 3 is 2.31 bits per heavy atom. The Morgan fingerprint density at radius 2 is 1.62 bits per heavy atom. The first-order chi connectivity index (χ1) is 12.6. The second-order valence-corrected chi connectivity index (χ2v) is 6.52. The van der Waals surface area contributed by atoms with Crippen LogP contribution in [0.25, 0.3) is 6.08 Å². The SMILES string of the molecule is O=C(CN1CCN(CC=Cc2ccccc2)CC1)c1ccc(O)c(O)c1. The first kappa shape index (κ1) is 18.2. The molecule has 1 aliphatic heterocycles. The van der Waals surface area contributed by atoms with E-state index in [4.69, 9.17) is 0 Å². The van der Waals surface area contributed by atoms with Crippen LogP contribution in [-0.2, 0) is 0 Å². The van der Waals surface area contributed by atoms with Crippen LogP contribution in [-0.4, -0.2) is 65.1 Å². The fraction of sp³-hybridized carbons (Fsp3) is 0.286. The van der Waals surface area contributed by atoms with E-state index in [1.165, 1.54) is 17.7 Å². The van der Waals surface area contributed by atoms with E-state index in [1.54, 1.807) is 6.07 Å². The number of carbonyl (C=O) groups is 1. The number of phenolic OH excluding ortho intramolecular Hbond substituents is 2. The third-order valence-electron chi connectivity index (χ3n) is 4.60. The van der Waals surface area contributed by atoms with Crippen molar-refractivity contribution in [3.63, 3.8) is 0 Å². The van der Waals surface area contributed by atoms with Crippen molar-refractivity contribution in [1.82, 2.24) is 9.80 Å². The summed E-state index contributed by atoms with van der Waals surface area (Å²) in [7, 11) is 0. The summed E-state index contributed by atoms with van der Waals surface area (Å²) in [6, 6.07) is 14.5. The van der Waals surface area contributed by atoms with E-state index in [1.807, 2.05) is 18.2 Å². The number of hydrogen-bond acceptors (Lipinski definition) is 5. The van der Waals surface area contributed by atoms with Crippen LogP contribution >= 0.6 is 0 Å². The zero-order valence-corrected chi connectivity index (χ0v) is 14.7. The lowest BCUT2D eigenvalue weighted by Gasteiger charge is -2.33. The van der Waals surface area contributed by atoms with Crippen molar-refractivity contribution in [3.8, 4) is 11.5 Å². The van der Waals surface area contributed by atoms with Crippen LogP contribution in [0.3, 0.4) is 0 Å². The molecule has 0 aromatic heterocycles. The molecule has 1 fully saturated rings. The molecule has 5 nitrogen and oxygen atoms in total. The predicted molar refractivity (Wildman–Crippen MR) is 102 cm³/mol. The van der Waals surface area contributed by atoms with E-state index in [0.29, 0.717) is 12.1 Å². The highest BCUT2D eigenvalue weighted by Crippen LogP contribution is 2.25.